The van der Waals surface area contributed by atoms with Crippen LogP contribution in [0.15, 0.2) is 85.2 Å². The lowest BCUT2D eigenvalue weighted by Crippen LogP contribution is -2.09. The van der Waals surface area contributed by atoms with E-state index in [2.05, 4.69) is 60.4 Å². The van der Waals surface area contributed by atoms with Gasteiger partial charge in [-0.05, 0) is 60.2 Å². The molecule has 2 heteroatoms. The number of hydrogen-bond donors (Lipinski definition) is 0. The van der Waals surface area contributed by atoms with Gasteiger partial charge in [0.2, 0.25) is 0 Å². The van der Waals surface area contributed by atoms with Gasteiger partial charge >= 0.3 is 0 Å². The van der Waals surface area contributed by atoms with E-state index in [1.54, 1.807) is 12.4 Å². The van der Waals surface area contributed by atoms with Crippen molar-refractivity contribution in [3.63, 3.8) is 0 Å². The smallest absolute Gasteiger partial charge is 0.195 e. The first kappa shape index (κ1) is 18.8. The topological polar surface area (TPSA) is 30.0 Å². The first-order valence-electron chi connectivity index (χ1n) is 9.77. The zero-order valence-corrected chi connectivity index (χ0v) is 16.9. The van der Waals surface area contributed by atoms with Crippen molar-refractivity contribution in [1.29, 1.82) is 0 Å². The van der Waals surface area contributed by atoms with E-state index in [4.69, 9.17) is 0 Å². The molecule has 29 heavy (non-hydrogen) atoms. The number of pyridine rings is 1. The van der Waals surface area contributed by atoms with Gasteiger partial charge in [0, 0.05) is 23.5 Å². The van der Waals surface area contributed by atoms with Crippen LogP contribution in [0.1, 0.15) is 32.6 Å². The Labute approximate surface area is 171 Å². The van der Waals surface area contributed by atoms with Crippen LogP contribution in [0.25, 0.3) is 22.3 Å². The Kier molecular flexibility index (Phi) is 5.09. The minimum atomic E-state index is 0.0234. The molecule has 1 heterocycles. The van der Waals surface area contributed by atoms with Crippen molar-refractivity contribution in [2.75, 3.05) is 0 Å². The van der Waals surface area contributed by atoms with E-state index >= 15 is 0 Å². The van der Waals surface area contributed by atoms with E-state index < -0.39 is 0 Å². The first-order chi connectivity index (χ1) is 14.0. The molecule has 0 fully saturated rings. The Morgan fingerprint density at radius 3 is 1.97 bits per heavy atom. The van der Waals surface area contributed by atoms with E-state index in [0.29, 0.717) is 5.56 Å². The summed E-state index contributed by atoms with van der Waals surface area (Å²) in [6, 6.07) is 24.7. The van der Waals surface area contributed by atoms with Crippen LogP contribution in [-0.2, 0) is 0 Å². The maximum Gasteiger partial charge on any atom is 0.195 e. The van der Waals surface area contributed by atoms with Crippen molar-refractivity contribution < 1.29 is 4.79 Å². The lowest BCUT2D eigenvalue weighted by Gasteiger charge is -2.13. The highest BCUT2D eigenvalue weighted by Gasteiger charge is 2.19. The standard InChI is InChI=1S/C27H23NO/c1-18-15-19(2)26(20(3)16-18)27(29)25-17-28-14-13-24(25)23-11-9-22(10-12-23)21-7-5-4-6-8-21/h4-17H,1-3H3. The second-order valence-corrected chi connectivity index (χ2v) is 7.47. The summed E-state index contributed by atoms with van der Waals surface area (Å²) in [4.78, 5) is 17.7. The van der Waals surface area contributed by atoms with Gasteiger partial charge in [-0.3, -0.25) is 9.78 Å². The molecule has 4 aromatic rings. The van der Waals surface area contributed by atoms with Gasteiger partial charge < -0.3 is 0 Å². The summed E-state index contributed by atoms with van der Waals surface area (Å²) in [5, 5.41) is 0. The van der Waals surface area contributed by atoms with Crippen LogP contribution in [0.2, 0.25) is 0 Å². The maximum atomic E-state index is 13.4. The largest absolute Gasteiger partial charge is 0.289 e. The van der Waals surface area contributed by atoms with Gasteiger partial charge in [0.15, 0.2) is 5.78 Å². The Bertz CT molecular complexity index is 1150. The van der Waals surface area contributed by atoms with Gasteiger partial charge in [0.05, 0.1) is 0 Å². The van der Waals surface area contributed by atoms with Crippen molar-refractivity contribution in [2.24, 2.45) is 0 Å². The summed E-state index contributed by atoms with van der Waals surface area (Å²) in [6.45, 7) is 6.05. The Balaban J connectivity index is 1.75. The minimum absolute atomic E-state index is 0.0234. The number of nitrogens with zero attached hydrogens (tertiary/aromatic N) is 1. The number of carbonyl (C=O) groups is 1. The van der Waals surface area contributed by atoms with E-state index in [0.717, 1.165) is 33.4 Å². The summed E-state index contributed by atoms with van der Waals surface area (Å²) < 4.78 is 0. The van der Waals surface area contributed by atoms with Crippen LogP contribution < -0.4 is 0 Å². The van der Waals surface area contributed by atoms with Crippen LogP contribution in [0.3, 0.4) is 0 Å². The molecule has 3 aromatic carbocycles. The van der Waals surface area contributed by atoms with Crippen LogP contribution in [-0.4, -0.2) is 10.8 Å². The third-order valence-electron chi connectivity index (χ3n) is 5.27. The minimum Gasteiger partial charge on any atom is -0.289 e. The quantitative estimate of drug-likeness (QED) is 0.376. The van der Waals surface area contributed by atoms with Gasteiger partial charge in [-0.2, -0.15) is 0 Å². The second kappa shape index (κ2) is 7.84. The van der Waals surface area contributed by atoms with Gasteiger partial charge in [-0.15, -0.1) is 0 Å². The van der Waals surface area contributed by atoms with E-state index in [1.165, 1.54) is 11.1 Å². The summed E-state index contributed by atoms with van der Waals surface area (Å²) >= 11 is 0. The molecule has 0 amide bonds. The summed E-state index contributed by atoms with van der Waals surface area (Å²) in [5.74, 6) is 0.0234. The number of hydrogen-bond acceptors (Lipinski definition) is 2. The van der Waals surface area contributed by atoms with Crippen LogP contribution in [0, 0.1) is 20.8 Å². The lowest BCUT2D eigenvalue weighted by molar-refractivity contribution is 0.103. The summed E-state index contributed by atoms with van der Waals surface area (Å²) in [7, 11) is 0. The zero-order chi connectivity index (χ0) is 20.4. The Morgan fingerprint density at radius 2 is 1.31 bits per heavy atom. The van der Waals surface area contributed by atoms with Crippen molar-refractivity contribution in [3.05, 3.63) is 113 Å². The highest BCUT2D eigenvalue weighted by atomic mass is 16.1. The number of rotatable bonds is 4. The molecule has 0 atom stereocenters. The lowest BCUT2D eigenvalue weighted by atomic mass is 9.90. The maximum absolute atomic E-state index is 13.4. The normalized spacial score (nSPS) is 10.7. The number of ketones is 1. The molecule has 0 aliphatic rings. The fourth-order valence-electron chi connectivity index (χ4n) is 3.97. The average molecular weight is 377 g/mol. The third-order valence-corrected chi connectivity index (χ3v) is 5.27. The van der Waals surface area contributed by atoms with Gasteiger partial charge in [0.25, 0.3) is 0 Å². The molecule has 0 N–H and O–H groups in total. The van der Waals surface area contributed by atoms with Crippen molar-refractivity contribution >= 4 is 5.78 Å². The molecule has 2 nitrogen and oxygen atoms in total. The molecule has 0 radical (unpaired) electrons. The highest BCUT2D eigenvalue weighted by molar-refractivity contribution is 6.14. The molecule has 0 saturated carbocycles. The van der Waals surface area contributed by atoms with Crippen LogP contribution in [0.4, 0.5) is 0 Å². The molecule has 0 bridgehead atoms. The first-order valence-corrected chi connectivity index (χ1v) is 9.77. The number of carbonyl (C=O) groups excluding carboxylic acids is 1. The van der Waals surface area contributed by atoms with Crippen LogP contribution in [0.5, 0.6) is 0 Å². The van der Waals surface area contributed by atoms with Gasteiger partial charge in [-0.25, -0.2) is 0 Å². The summed E-state index contributed by atoms with van der Waals surface area (Å²) in [5.41, 5.74) is 8.82. The molecule has 1 aromatic heterocycles. The Morgan fingerprint density at radius 1 is 0.724 bits per heavy atom. The number of aromatic nitrogens is 1. The molecule has 4 rings (SSSR count). The molecule has 0 saturated heterocycles. The fraction of sp³-hybridized carbons (Fsp3) is 0.111. The Hall–Kier alpha value is -3.52. The molecule has 0 aliphatic heterocycles. The molecular formula is C27H23NO. The van der Waals surface area contributed by atoms with E-state index in [-0.39, 0.29) is 5.78 Å². The predicted molar refractivity (Wildman–Crippen MR) is 119 cm³/mol. The predicted octanol–water partition coefficient (Wildman–Crippen LogP) is 6.57. The number of aryl methyl sites for hydroxylation is 3. The molecular weight excluding hydrogens is 354 g/mol. The molecule has 0 aliphatic carbocycles. The molecule has 142 valence electrons. The van der Waals surface area contributed by atoms with Crippen molar-refractivity contribution in [1.82, 2.24) is 4.98 Å². The summed E-state index contributed by atoms with van der Waals surface area (Å²) in [6.07, 6.45) is 3.42. The van der Waals surface area contributed by atoms with Crippen LogP contribution >= 0.6 is 0 Å². The average Bonchev–Trinajstić information content (AvgIpc) is 2.74. The molecule has 0 unspecified atom stereocenters. The van der Waals surface area contributed by atoms with Gasteiger partial charge in [0.1, 0.15) is 0 Å². The van der Waals surface area contributed by atoms with E-state index in [9.17, 15) is 4.79 Å². The number of benzene rings is 3. The monoisotopic (exact) mass is 377 g/mol. The van der Waals surface area contributed by atoms with Crippen molar-refractivity contribution in [2.45, 2.75) is 20.8 Å². The third kappa shape index (κ3) is 3.74. The van der Waals surface area contributed by atoms with Gasteiger partial charge in [-0.1, -0.05) is 72.3 Å². The molecule has 0 spiro atoms. The second-order valence-electron chi connectivity index (χ2n) is 7.47. The van der Waals surface area contributed by atoms with Crippen molar-refractivity contribution in [3.8, 4) is 22.3 Å². The SMILES string of the molecule is Cc1cc(C)c(C(=O)c2cnccc2-c2ccc(-c3ccccc3)cc2)c(C)c1. The highest BCUT2D eigenvalue weighted by Crippen LogP contribution is 2.29. The fourth-order valence-corrected chi connectivity index (χ4v) is 3.97. The zero-order valence-electron chi connectivity index (χ0n) is 16.9. The van der Waals surface area contributed by atoms with E-state index in [1.807, 2.05) is 38.1 Å².